The average Bonchev–Trinajstić information content (AvgIpc) is 2.65. The van der Waals surface area contributed by atoms with E-state index in [1.165, 1.54) is 17.8 Å². The van der Waals surface area contributed by atoms with Crippen LogP contribution in [0.15, 0.2) is 46.3 Å². The van der Waals surface area contributed by atoms with Crippen LogP contribution >= 0.6 is 11.8 Å². The summed E-state index contributed by atoms with van der Waals surface area (Å²) in [7, 11) is 0. The highest BCUT2D eigenvalue weighted by Crippen LogP contribution is 2.20. The minimum Gasteiger partial charge on any atom is -0.294 e. The molecule has 146 valence electrons. The number of aromatic amines is 1. The van der Waals surface area contributed by atoms with Gasteiger partial charge in [-0.1, -0.05) is 30.0 Å². The minimum atomic E-state index is -0.253. The summed E-state index contributed by atoms with van der Waals surface area (Å²) in [6.07, 6.45) is 0. The molecule has 4 aromatic rings. The number of benzene rings is 1. The highest BCUT2D eigenvalue weighted by Gasteiger charge is 2.08. The fourth-order valence-corrected chi connectivity index (χ4v) is 3.78. The van der Waals surface area contributed by atoms with E-state index in [-0.39, 0.29) is 5.56 Å². The third-order valence-electron chi connectivity index (χ3n) is 4.13. The molecule has 0 radical (unpaired) electrons. The van der Waals surface area contributed by atoms with E-state index in [0.29, 0.717) is 28.5 Å². The molecular weight excluding hydrogens is 386 g/mol. The molecule has 0 unspecified atom stereocenters. The summed E-state index contributed by atoms with van der Waals surface area (Å²) >= 11 is 1.43. The van der Waals surface area contributed by atoms with Gasteiger partial charge in [0.1, 0.15) is 0 Å². The smallest absolute Gasteiger partial charge is 0.252 e. The van der Waals surface area contributed by atoms with Crippen LogP contribution in [0.4, 0.5) is 11.9 Å². The van der Waals surface area contributed by atoms with Gasteiger partial charge in [-0.3, -0.25) is 15.1 Å². The summed E-state index contributed by atoms with van der Waals surface area (Å²) < 4.78 is 0. The Morgan fingerprint density at radius 2 is 1.72 bits per heavy atom. The van der Waals surface area contributed by atoms with Crippen molar-refractivity contribution in [2.75, 3.05) is 5.32 Å². The molecule has 0 aliphatic rings. The first-order valence-electron chi connectivity index (χ1n) is 9.02. The van der Waals surface area contributed by atoms with Gasteiger partial charge in [0.25, 0.3) is 5.56 Å². The molecule has 4 rings (SSSR count). The Balaban J connectivity index is 1.56. The van der Waals surface area contributed by atoms with Crippen LogP contribution in [-0.2, 0) is 5.75 Å². The first-order chi connectivity index (χ1) is 14.0. The number of rotatable bonds is 5. The van der Waals surface area contributed by atoms with Crippen molar-refractivity contribution in [2.24, 2.45) is 0 Å². The summed E-state index contributed by atoms with van der Waals surface area (Å²) in [6, 6.07) is 11.2. The third kappa shape index (κ3) is 4.57. The molecular formula is C20H19N7OS. The Bertz CT molecular complexity index is 1240. The molecule has 0 bridgehead atoms. The molecule has 8 nitrogen and oxygen atoms in total. The number of para-hydroxylation sites is 1. The van der Waals surface area contributed by atoms with Crippen molar-refractivity contribution in [3.05, 3.63) is 69.5 Å². The van der Waals surface area contributed by atoms with Gasteiger partial charge in [-0.15, -0.1) is 0 Å². The van der Waals surface area contributed by atoms with Crippen molar-refractivity contribution in [2.45, 2.75) is 31.7 Å². The van der Waals surface area contributed by atoms with E-state index in [2.05, 4.69) is 35.2 Å². The van der Waals surface area contributed by atoms with Crippen LogP contribution < -0.4 is 10.9 Å². The number of hydrogen-bond donors (Lipinski definition) is 2. The largest absolute Gasteiger partial charge is 0.294 e. The van der Waals surface area contributed by atoms with Crippen molar-refractivity contribution in [3.63, 3.8) is 0 Å². The normalized spacial score (nSPS) is 11.0. The molecule has 0 amide bonds. The molecule has 2 N–H and O–H groups in total. The van der Waals surface area contributed by atoms with E-state index in [4.69, 9.17) is 0 Å². The Morgan fingerprint density at radius 3 is 2.52 bits per heavy atom. The lowest BCUT2D eigenvalue weighted by Gasteiger charge is -2.08. The van der Waals surface area contributed by atoms with Gasteiger partial charge in [-0.05, 0) is 32.9 Å². The molecule has 3 aromatic heterocycles. The molecule has 0 aliphatic carbocycles. The number of fused-ring (bicyclic) bond motifs is 1. The highest BCUT2D eigenvalue weighted by atomic mass is 32.2. The molecule has 0 saturated carbocycles. The Hall–Kier alpha value is -3.33. The second-order valence-electron chi connectivity index (χ2n) is 6.58. The third-order valence-corrected chi connectivity index (χ3v) is 5.01. The average molecular weight is 405 g/mol. The van der Waals surface area contributed by atoms with Crippen molar-refractivity contribution in [3.8, 4) is 0 Å². The molecule has 0 fully saturated rings. The minimum absolute atomic E-state index is 0.253. The lowest BCUT2D eigenvalue weighted by Crippen LogP contribution is -2.13. The van der Waals surface area contributed by atoms with Crippen molar-refractivity contribution < 1.29 is 0 Å². The van der Waals surface area contributed by atoms with Crippen LogP contribution in [0.5, 0.6) is 0 Å². The van der Waals surface area contributed by atoms with Gasteiger partial charge < -0.3 is 0 Å². The number of nitrogens with one attached hydrogen (secondary N) is 2. The monoisotopic (exact) mass is 405 g/mol. The summed E-state index contributed by atoms with van der Waals surface area (Å²) in [5.41, 5.74) is 3.84. The van der Waals surface area contributed by atoms with Gasteiger partial charge >= 0.3 is 0 Å². The Morgan fingerprint density at radius 1 is 0.966 bits per heavy atom. The summed E-state index contributed by atoms with van der Waals surface area (Å²) in [6.45, 7) is 5.78. The van der Waals surface area contributed by atoms with Crippen molar-refractivity contribution in [1.29, 1.82) is 0 Å². The summed E-state index contributed by atoms with van der Waals surface area (Å²) in [4.78, 5) is 37.0. The van der Waals surface area contributed by atoms with Crippen LogP contribution in [0.25, 0.3) is 10.9 Å². The lowest BCUT2D eigenvalue weighted by molar-refractivity contribution is 0.900. The van der Waals surface area contributed by atoms with Gasteiger partial charge in [0.05, 0.1) is 16.9 Å². The topological polar surface area (TPSA) is 109 Å². The van der Waals surface area contributed by atoms with Crippen molar-refractivity contribution in [1.82, 2.24) is 29.9 Å². The molecule has 29 heavy (non-hydrogen) atoms. The fourth-order valence-electron chi connectivity index (χ4n) is 2.93. The summed E-state index contributed by atoms with van der Waals surface area (Å²) in [5.74, 6) is 1.15. The predicted molar refractivity (Wildman–Crippen MR) is 113 cm³/mol. The molecule has 0 aliphatic heterocycles. The van der Waals surface area contributed by atoms with Crippen LogP contribution in [-0.4, -0.2) is 29.9 Å². The van der Waals surface area contributed by atoms with E-state index in [1.54, 1.807) is 0 Å². The maximum atomic E-state index is 12.1. The SMILES string of the molecule is Cc1cc(C)nc(SCc2cc(=O)[nH]c(Nc3nc(C)c4ccccc4n3)n2)n1. The first kappa shape index (κ1) is 19.0. The van der Waals surface area contributed by atoms with Crippen molar-refractivity contribution >= 4 is 34.6 Å². The Labute approximate surface area is 171 Å². The van der Waals surface area contributed by atoms with Gasteiger partial charge in [-0.25, -0.2) is 24.9 Å². The van der Waals surface area contributed by atoms with Crippen LogP contribution in [0.1, 0.15) is 22.8 Å². The predicted octanol–water partition coefficient (Wildman–Crippen LogP) is 3.46. The molecule has 1 aromatic carbocycles. The quantitative estimate of drug-likeness (QED) is 0.384. The maximum absolute atomic E-state index is 12.1. The second kappa shape index (κ2) is 7.96. The van der Waals surface area contributed by atoms with Crippen LogP contribution in [0, 0.1) is 20.8 Å². The summed E-state index contributed by atoms with van der Waals surface area (Å²) in [5, 5.41) is 4.65. The first-order valence-corrected chi connectivity index (χ1v) is 10.0. The van der Waals surface area contributed by atoms with Gasteiger partial charge in [0.2, 0.25) is 11.9 Å². The molecule has 0 saturated heterocycles. The number of H-pyrrole nitrogens is 1. The number of aryl methyl sites for hydroxylation is 3. The number of anilines is 2. The van der Waals surface area contributed by atoms with Crippen LogP contribution in [0.3, 0.4) is 0 Å². The Kier molecular flexibility index (Phi) is 5.22. The molecule has 3 heterocycles. The van der Waals surface area contributed by atoms with E-state index in [0.717, 1.165) is 28.0 Å². The van der Waals surface area contributed by atoms with E-state index in [9.17, 15) is 4.79 Å². The zero-order valence-corrected chi connectivity index (χ0v) is 17.0. The van der Waals surface area contributed by atoms with Gasteiger partial charge in [0, 0.05) is 28.6 Å². The second-order valence-corrected chi connectivity index (χ2v) is 7.52. The zero-order valence-electron chi connectivity index (χ0n) is 16.2. The zero-order chi connectivity index (χ0) is 20.4. The number of thioether (sulfide) groups is 1. The highest BCUT2D eigenvalue weighted by molar-refractivity contribution is 7.98. The maximum Gasteiger partial charge on any atom is 0.252 e. The van der Waals surface area contributed by atoms with E-state index in [1.807, 2.05) is 51.1 Å². The van der Waals surface area contributed by atoms with Gasteiger partial charge in [-0.2, -0.15) is 0 Å². The molecule has 0 atom stereocenters. The lowest BCUT2D eigenvalue weighted by atomic mass is 10.2. The standard InChI is InChI=1S/C20H19N7OS/c1-11-8-12(2)22-20(21-11)29-10-14-9-17(28)26-19(24-14)27-18-23-13(3)15-6-4-5-7-16(15)25-18/h4-9H,10H2,1-3H3,(H2,23,24,25,26,27,28). The fraction of sp³-hybridized carbons (Fsp3) is 0.200. The van der Waals surface area contributed by atoms with E-state index >= 15 is 0 Å². The number of hydrogen-bond acceptors (Lipinski definition) is 8. The van der Waals surface area contributed by atoms with E-state index < -0.39 is 0 Å². The van der Waals surface area contributed by atoms with Crippen LogP contribution in [0.2, 0.25) is 0 Å². The molecule has 9 heteroatoms. The number of aromatic nitrogens is 6. The molecule has 0 spiro atoms. The number of nitrogens with zero attached hydrogens (tertiary/aromatic N) is 5. The van der Waals surface area contributed by atoms with Gasteiger partial charge in [0.15, 0.2) is 5.16 Å².